The summed E-state index contributed by atoms with van der Waals surface area (Å²) < 4.78 is 1.67. The van der Waals surface area contributed by atoms with Crippen molar-refractivity contribution < 1.29 is 9.90 Å². The number of carbonyl (C=O) groups is 1. The molecule has 0 aromatic carbocycles. The third kappa shape index (κ3) is 6.18. The maximum atomic E-state index is 11.9. The van der Waals surface area contributed by atoms with Crippen molar-refractivity contribution in [1.29, 1.82) is 0 Å². The molecule has 1 heterocycles. The highest BCUT2D eigenvalue weighted by Crippen LogP contribution is 2.18. The van der Waals surface area contributed by atoms with E-state index >= 15 is 0 Å². The summed E-state index contributed by atoms with van der Waals surface area (Å²) >= 11 is 6.24. The van der Waals surface area contributed by atoms with E-state index in [9.17, 15) is 9.90 Å². The van der Waals surface area contributed by atoms with Crippen molar-refractivity contribution in [2.45, 2.75) is 71.1 Å². The minimum absolute atomic E-state index is 0.0269. The van der Waals surface area contributed by atoms with Crippen molar-refractivity contribution in [2.75, 3.05) is 0 Å². The zero-order valence-electron chi connectivity index (χ0n) is 12.3. The standard InChI is InChI=1S/C15H25NO2S2/c1-2-3-4-5-6-7-8-9-10-11-13(17)16-14(18)12-20-15(16)19/h12,18H,2-11H2,1H3. The predicted octanol–water partition coefficient (Wildman–Crippen LogP) is 5.55. The predicted molar refractivity (Wildman–Crippen MR) is 87.3 cm³/mol. The van der Waals surface area contributed by atoms with Gasteiger partial charge in [-0.15, -0.1) is 11.3 Å². The Morgan fingerprint density at radius 2 is 1.70 bits per heavy atom. The van der Waals surface area contributed by atoms with Gasteiger partial charge in [0, 0.05) is 6.42 Å². The molecule has 1 N–H and O–H groups in total. The first-order valence-electron chi connectivity index (χ1n) is 7.59. The van der Waals surface area contributed by atoms with Crippen LogP contribution in [0.15, 0.2) is 5.38 Å². The van der Waals surface area contributed by atoms with E-state index in [1.165, 1.54) is 66.2 Å². The van der Waals surface area contributed by atoms with Gasteiger partial charge in [0.05, 0.1) is 5.38 Å². The number of hydrogen-bond acceptors (Lipinski definition) is 4. The summed E-state index contributed by atoms with van der Waals surface area (Å²) in [6.45, 7) is 2.23. The summed E-state index contributed by atoms with van der Waals surface area (Å²) in [5, 5.41) is 11.0. The van der Waals surface area contributed by atoms with Gasteiger partial charge in [-0.3, -0.25) is 4.79 Å². The molecular weight excluding hydrogens is 290 g/mol. The van der Waals surface area contributed by atoms with E-state index in [2.05, 4.69) is 6.92 Å². The lowest BCUT2D eigenvalue weighted by molar-refractivity contribution is 0.0889. The van der Waals surface area contributed by atoms with Gasteiger partial charge in [0.15, 0.2) is 3.95 Å². The van der Waals surface area contributed by atoms with E-state index in [1.54, 1.807) is 0 Å². The van der Waals surface area contributed by atoms with E-state index in [4.69, 9.17) is 12.2 Å². The molecule has 1 rings (SSSR count). The minimum atomic E-state index is -0.0864. The first-order valence-corrected chi connectivity index (χ1v) is 8.88. The Kier molecular flexibility index (Phi) is 8.78. The van der Waals surface area contributed by atoms with Crippen molar-refractivity contribution in [2.24, 2.45) is 0 Å². The van der Waals surface area contributed by atoms with Crippen LogP contribution in [0, 0.1) is 3.95 Å². The highest BCUT2D eigenvalue weighted by molar-refractivity contribution is 7.73. The van der Waals surface area contributed by atoms with Crippen LogP contribution in [-0.2, 0) is 0 Å². The summed E-state index contributed by atoms with van der Waals surface area (Å²) in [6.07, 6.45) is 11.5. The molecule has 0 aliphatic heterocycles. The van der Waals surface area contributed by atoms with Crippen LogP contribution in [0.4, 0.5) is 0 Å². The van der Waals surface area contributed by atoms with Crippen LogP contribution in [0.2, 0.25) is 0 Å². The number of nitrogens with zero attached hydrogens (tertiary/aromatic N) is 1. The Morgan fingerprint density at radius 3 is 2.20 bits per heavy atom. The second-order valence-electron chi connectivity index (χ2n) is 5.17. The lowest BCUT2D eigenvalue weighted by atomic mass is 10.1. The molecule has 0 spiro atoms. The molecule has 0 bridgehead atoms. The molecule has 0 radical (unpaired) electrons. The topological polar surface area (TPSA) is 42.2 Å². The molecule has 114 valence electrons. The average molecular weight is 316 g/mol. The maximum absolute atomic E-state index is 11.9. The molecule has 0 amide bonds. The molecule has 20 heavy (non-hydrogen) atoms. The van der Waals surface area contributed by atoms with E-state index in [0.717, 1.165) is 12.8 Å². The number of aromatic hydroxyl groups is 1. The van der Waals surface area contributed by atoms with Gasteiger partial charge in [0.2, 0.25) is 11.8 Å². The molecule has 0 aliphatic rings. The number of unbranched alkanes of at least 4 members (excludes halogenated alkanes) is 8. The van der Waals surface area contributed by atoms with Gasteiger partial charge in [0.25, 0.3) is 0 Å². The van der Waals surface area contributed by atoms with Crippen molar-refractivity contribution >= 4 is 29.5 Å². The Labute approximate surface area is 130 Å². The van der Waals surface area contributed by atoms with Crippen molar-refractivity contribution in [3.05, 3.63) is 9.33 Å². The lowest BCUT2D eigenvalue weighted by Crippen LogP contribution is -2.09. The quantitative estimate of drug-likeness (QED) is 0.455. The van der Waals surface area contributed by atoms with E-state index < -0.39 is 0 Å². The van der Waals surface area contributed by atoms with Crippen LogP contribution < -0.4 is 0 Å². The van der Waals surface area contributed by atoms with Crippen LogP contribution in [0.25, 0.3) is 0 Å². The smallest absolute Gasteiger partial charge is 0.235 e. The number of hydrogen-bond donors (Lipinski definition) is 1. The zero-order valence-corrected chi connectivity index (χ0v) is 13.9. The molecule has 0 fully saturated rings. The largest absolute Gasteiger partial charge is 0.494 e. The fourth-order valence-electron chi connectivity index (χ4n) is 2.23. The molecule has 5 heteroatoms. The molecule has 0 unspecified atom stereocenters. The Bertz CT molecular complexity index is 451. The monoisotopic (exact) mass is 315 g/mol. The number of rotatable bonds is 10. The Morgan fingerprint density at radius 1 is 1.15 bits per heavy atom. The maximum Gasteiger partial charge on any atom is 0.235 e. The van der Waals surface area contributed by atoms with Crippen molar-refractivity contribution in [1.82, 2.24) is 4.57 Å². The van der Waals surface area contributed by atoms with Crippen LogP contribution in [0.3, 0.4) is 0 Å². The number of carbonyl (C=O) groups excluding carboxylic acids is 1. The third-order valence-electron chi connectivity index (χ3n) is 3.42. The van der Waals surface area contributed by atoms with Crippen LogP contribution in [0.5, 0.6) is 5.88 Å². The molecular formula is C15H25NO2S2. The van der Waals surface area contributed by atoms with Gasteiger partial charge in [-0.2, -0.15) is 0 Å². The van der Waals surface area contributed by atoms with E-state index in [1.807, 2.05) is 0 Å². The van der Waals surface area contributed by atoms with Gasteiger partial charge in [-0.1, -0.05) is 58.3 Å². The highest BCUT2D eigenvalue weighted by Gasteiger charge is 2.10. The van der Waals surface area contributed by atoms with Gasteiger partial charge < -0.3 is 5.11 Å². The number of aromatic nitrogens is 1. The lowest BCUT2D eigenvalue weighted by Gasteiger charge is -2.04. The van der Waals surface area contributed by atoms with E-state index in [0.29, 0.717) is 10.4 Å². The van der Waals surface area contributed by atoms with Gasteiger partial charge in [-0.25, -0.2) is 4.57 Å². The zero-order chi connectivity index (χ0) is 14.8. The molecule has 1 aromatic heterocycles. The SMILES string of the molecule is CCCCCCCCCCCC(=O)n1c(O)csc1=S. The summed E-state index contributed by atoms with van der Waals surface area (Å²) in [5.74, 6) is -0.113. The second kappa shape index (κ2) is 10.1. The van der Waals surface area contributed by atoms with Crippen molar-refractivity contribution in [3.8, 4) is 5.88 Å². The molecule has 1 aromatic rings. The van der Waals surface area contributed by atoms with Crippen LogP contribution in [-0.4, -0.2) is 15.6 Å². The van der Waals surface area contributed by atoms with Gasteiger partial charge >= 0.3 is 0 Å². The molecule has 0 saturated heterocycles. The summed E-state index contributed by atoms with van der Waals surface area (Å²) in [5.41, 5.74) is 0. The first kappa shape index (κ1) is 17.4. The summed E-state index contributed by atoms with van der Waals surface area (Å²) in [4.78, 5) is 11.9. The van der Waals surface area contributed by atoms with Gasteiger partial charge in [-0.05, 0) is 18.6 Å². The summed E-state index contributed by atoms with van der Waals surface area (Å²) in [6, 6.07) is 0. The first-order chi connectivity index (χ1) is 9.66. The highest BCUT2D eigenvalue weighted by atomic mass is 32.1. The van der Waals surface area contributed by atoms with Crippen LogP contribution >= 0.6 is 23.6 Å². The van der Waals surface area contributed by atoms with E-state index in [-0.39, 0.29) is 11.8 Å². The Balaban J connectivity index is 2.07. The third-order valence-corrected chi connectivity index (χ3v) is 4.60. The Hall–Kier alpha value is -0.680. The normalized spacial score (nSPS) is 10.8. The second-order valence-corrected chi connectivity index (χ2v) is 6.67. The molecule has 3 nitrogen and oxygen atoms in total. The molecule has 0 atom stereocenters. The fraction of sp³-hybridized carbons (Fsp3) is 0.733. The number of thiazole rings is 1. The average Bonchev–Trinajstić information content (AvgIpc) is 2.76. The minimum Gasteiger partial charge on any atom is -0.494 e. The van der Waals surface area contributed by atoms with Crippen LogP contribution in [0.1, 0.15) is 75.9 Å². The molecule has 0 aliphatic carbocycles. The summed E-state index contributed by atoms with van der Waals surface area (Å²) in [7, 11) is 0. The molecule has 0 saturated carbocycles. The fourth-order valence-corrected chi connectivity index (χ4v) is 3.18. The van der Waals surface area contributed by atoms with Crippen molar-refractivity contribution in [3.63, 3.8) is 0 Å². The van der Waals surface area contributed by atoms with Gasteiger partial charge in [0.1, 0.15) is 0 Å².